The number of methoxy groups -OCH3 is 2. The first-order chi connectivity index (χ1) is 4.72. The summed E-state index contributed by atoms with van der Waals surface area (Å²) in [5.41, 5.74) is 0. The molecule has 0 saturated heterocycles. The standard InChI is InChI=1S/C6H12O4/c1-9-4-3-5(10-2)6(7)8/h5H,3-4H2,1-2H3,(H,7,8). The van der Waals surface area contributed by atoms with Crippen LogP contribution in [-0.2, 0) is 14.3 Å². The Kier molecular flexibility index (Phi) is 4.88. The minimum absolute atomic E-state index is 0.391. The van der Waals surface area contributed by atoms with Gasteiger partial charge >= 0.3 is 5.97 Å². The molecule has 0 heterocycles. The Morgan fingerprint density at radius 2 is 2.20 bits per heavy atom. The van der Waals surface area contributed by atoms with Crippen molar-refractivity contribution in [2.24, 2.45) is 0 Å². The topological polar surface area (TPSA) is 55.8 Å². The van der Waals surface area contributed by atoms with E-state index in [9.17, 15) is 4.79 Å². The largest absolute Gasteiger partial charge is 0.479 e. The molecule has 10 heavy (non-hydrogen) atoms. The van der Waals surface area contributed by atoms with Crippen molar-refractivity contribution in [1.29, 1.82) is 0 Å². The van der Waals surface area contributed by atoms with Gasteiger partial charge in [-0.15, -0.1) is 0 Å². The lowest BCUT2D eigenvalue weighted by atomic mass is 10.3. The van der Waals surface area contributed by atoms with Gasteiger partial charge in [0.05, 0.1) is 0 Å². The lowest BCUT2D eigenvalue weighted by Crippen LogP contribution is -2.23. The fourth-order valence-corrected chi connectivity index (χ4v) is 0.567. The molecular weight excluding hydrogens is 136 g/mol. The molecule has 0 amide bonds. The number of carboxylic acid groups (broad SMARTS) is 1. The van der Waals surface area contributed by atoms with Gasteiger partial charge in [-0.3, -0.25) is 0 Å². The van der Waals surface area contributed by atoms with Crippen molar-refractivity contribution < 1.29 is 19.4 Å². The molecule has 1 N–H and O–H groups in total. The molecule has 4 heteroatoms. The molecule has 1 unspecified atom stereocenters. The van der Waals surface area contributed by atoms with Gasteiger partial charge < -0.3 is 14.6 Å². The highest BCUT2D eigenvalue weighted by molar-refractivity contribution is 5.72. The molecule has 1 atom stereocenters. The van der Waals surface area contributed by atoms with Gasteiger partial charge in [-0.05, 0) is 0 Å². The molecule has 0 aromatic rings. The van der Waals surface area contributed by atoms with Gasteiger partial charge in [0.2, 0.25) is 0 Å². The maximum atomic E-state index is 10.3. The van der Waals surface area contributed by atoms with Crippen LogP contribution in [0.1, 0.15) is 6.42 Å². The molecule has 0 aliphatic rings. The van der Waals surface area contributed by atoms with Gasteiger partial charge in [0, 0.05) is 27.2 Å². The Hall–Kier alpha value is -0.610. The molecule has 0 rings (SSSR count). The van der Waals surface area contributed by atoms with Crippen molar-refractivity contribution in [2.45, 2.75) is 12.5 Å². The zero-order valence-electron chi connectivity index (χ0n) is 6.16. The highest BCUT2D eigenvalue weighted by Gasteiger charge is 2.14. The molecule has 0 aromatic heterocycles. The molecule has 0 aliphatic heterocycles. The van der Waals surface area contributed by atoms with Gasteiger partial charge in [0.15, 0.2) is 6.10 Å². The van der Waals surface area contributed by atoms with E-state index in [1.165, 1.54) is 14.2 Å². The third-order valence-corrected chi connectivity index (χ3v) is 1.14. The van der Waals surface area contributed by atoms with Crippen LogP contribution in [0.2, 0.25) is 0 Å². The first-order valence-electron chi connectivity index (χ1n) is 2.97. The number of hydrogen-bond donors (Lipinski definition) is 1. The van der Waals surface area contributed by atoms with E-state index < -0.39 is 12.1 Å². The number of carbonyl (C=O) groups is 1. The summed E-state index contributed by atoms with van der Waals surface area (Å²) >= 11 is 0. The molecule has 0 spiro atoms. The lowest BCUT2D eigenvalue weighted by molar-refractivity contribution is -0.149. The maximum absolute atomic E-state index is 10.3. The summed E-state index contributed by atoms with van der Waals surface area (Å²) < 4.78 is 9.32. The van der Waals surface area contributed by atoms with Crippen LogP contribution >= 0.6 is 0 Å². The van der Waals surface area contributed by atoms with Crippen molar-refractivity contribution in [3.63, 3.8) is 0 Å². The summed E-state index contributed by atoms with van der Waals surface area (Å²) in [4.78, 5) is 10.3. The Balaban J connectivity index is 3.50. The van der Waals surface area contributed by atoms with Crippen LogP contribution < -0.4 is 0 Å². The van der Waals surface area contributed by atoms with Gasteiger partial charge in [-0.2, -0.15) is 0 Å². The number of rotatable bonds is 5. The first-order valence-corrected chi connectivity index (χ1v) is 2.97. The van der Waals surface area contributed by atoms with Crippen LogP contribution in [0.25, 0.3) is 0 Å². The minimum atomic E-state index is -0.945. The normalized spacial score (nSPS) is 13.0. The second kappa shape index (κ2) is 5.20. The highest BCUT2D eigenvalue weighted by atomic mass is 16.5. The summed E-state index contributed by atoms with van der Waals surface area (Å²) in [6.07, 6.45) is -0.345. The molecule has 4 nitrogen and oxygen atoms in total. The third kappa shape index (κ3) is 3.42. The Morgan fingerprint density at radius 1 is 1.60 bits per heavy atom. The zero-order valence-corrected chi connectivity index (χ0v) is 6.16. The van der Waals surface area contributed by atoms with Crippen LogP contribution in [0, 0.1) is 0 Å². The Labute approximate surface area is 59.7 Å². The van der Waals surface area contributed by atoms with E-state index in [0.717, 1.165) is 0 Å². The summed E-state index contributed by atoms with van der Waals surface area (Å²) in [6.45, 7) is 0.408. The fraction of sp³-hybridized carbons (Fsp3) is 0.833. The molecule has 0 aromatic carbocycles. The number of hydrogen-bond acceptors (Lipinski definition) is 3. The van der Waals surface area contributed by atoms with Gasteiger partial charge in [-0.25, -0.2) is 4.79 Å². The summed E-state index contributed by atoms with van der Waals surface area (Å²) in [6, 6.07) is 0. The second-order valence-corrected chi connectivity index (χ2v) is 1.84. The quantitative estimate of drug-likeness (QED) is 0.601. The molecule has 60 valence electrons. The summed E-state index contributed by atoms with van der Waals surface area (Å²) in [5, 5.41) is 8.42. The number of ether oxygens (including phenoxy) is 2. The van der Waals surface area contributed by atoms with Crippen molar-refractivity contribution in [2.75, 3.05) is 20.8 Å². The van der Waals surface area contributed by atoms with E-state index in [4.69, 9.17) is 5.11 Å². The van der Waals surface area contributed by atoms with Gasteiger partial charge in [0.25, 0.3) is 0 Å². The monoisotopic (exact) mass is 148 g/mol. The van der Waals surface area contributed by atoms with E-state index in [1.54, 1.807) is 0 Å². The van der Waals surface area contributed by atoms with Crippen molar-refractivity contribution >= 4 is 5.97 Å². The average molecular weight is 148 g/mol. The van der Waals surface area contributed by atoms with Gasteiger partial charge in [0.1, 0.15) is 0 Å². The maximum Gasteiger partial charge on any atom is 0.332 e. The number of aliphatic carboxylic acids is 1. The zero-order chi connectivity index (χ0) is 7.98. The molecule has 0 radical (unpaired) electrons. The molecular formula is C6H12O4. The van der Waals surface area contributed by atoms with Crippen LogP contribution in [-0.4, -0.2) is 38.0 Å². The van der Waals surface area contributed by atoms with Crippen LogP contribution in [0.3, 0.4) is 0 Å². The van der Waals surface area contributed by atoms with Crippen molar-refractivity contribution in [3.05, 3.63) is 0 Å². The predicted octanol–water partition coefficient (Wildman–Crippen LogP) is 0.122. The number of carboxylic acids is 1. The van der Waals surface area contributed by atoms with Crippen LogP contribution in [0.5, 0.6) is 0 Å². The van der Waals surface area contributed by atoms with E-state index >= 15 is 0 Å². The Morgan fingerprint density at radius 3 is 2.50 bits per heavy atom. The van der Waals surface area contributed by atoms with E-state index in [-0.39, 0.29) is 0 Å². The molecule has 0 aliphatic carbocycles. The van der Waals surface area contributed by atoms with Crippen molar-refractivity contribution in [1.82, 2.24) is 0 Å². The van der Waals surface area contributed by atoms with Crippen LogP contribution in [0.4, 0.5) is 0 Å². The SMILES string of the molecule is COCCC(OC)C(=O)O. The Bertz CT molecular complexity index is 102. The smallest absolute Gasteiger partial charge is 0.332 e. The van der Waals surface area contributed by atoms with Crippen LogP contribution in [0.15, 0.2) is 0 Å². The average Bonchev–Trinajstić information content (AvgIpc) is 1.89. The third-order valence-electron chi connectivity index (χ3n) is 1.14. The summed E-state index contributed by atoms with van der Waals surface area (Å²) in [7, 11) is 2.89. The first kappa shape index (κ1) is 9.39. The second-order valence-electron chi connectivity index (χ2n) is 1.84. The highest BCUT2D eigenvalue weighted by Crippen LogP contribution is 1.96. The molecule has 0 fully saturated rings. The fourth-order valence-electron chi connectivity index (χ4n) is 0.567. The molecule has 0 saturated carbocycles. The van der Waals surface area contributed by atoms with E-state index in [0.29, 0.717) is 13.0 Å². The van der Waals surface area contributed by atoms with Gasteiger partial charge in [-0.1, -0.05) is 0 Å². The van der Waals surface area contributed by atoms with Crippen molar-refractivity contribution in [3.8, 4) is 0 Å². The van der Waals surface area contributed by atoms with E-state index in [2.05, 4.69) is 9.47 Å². The predicted molar refractivity (Wildman–Crippen MR) is 34.9 cm³/mol. The van der Waals surface area contributed by atoms with E-state index in [1.807, 2.05) is 0 Å². The minimum Gasteiger partial charge on any atom is -0.479 e. The molecule has 0 bridgehead atoms. The summed E-state index contributed by atoms with van der Waals surface area (Å²) in [5.74, 6) is -0.945. The lowest BCUT2D eigenvalue weighted by Gasteiger charge is -2.08.